The first-order valence-corrected chi connectivity index (χ1v) is 5.98. The van der Waals surface area contributed by atoms with E-state index in [9.17, 15) is 0 Å². The molecule has 0 aromatic heterocycles. The zero-order valence-electron chi connectivity index (χ0n) is 10.7. The maximum atomic E-state index is 5.64. The summed E-state index contributed by atoms with van der Waals surface area (Å²) in [4.78, 5) is 2.40. The summed E-state index contributed by atoms with van der Waals surface area (Å²) in [5, 5.41) is 3.25. The lowest BCUT2D eigenvalue weighted by Gasteiger charge is -2.31. The minimum absolute atomic E-state index is 0.335. The Balaban J connectivity index is 2.24. The highest BCUT2D eigenvalue weighted by molar-refractivity contribution is 4.76. The van der Waals surface area contributed by atoms with Gasteiger partial charge in [-0.1, -0.05) is 13.8 Å². The molecule has 1 aliphatic rings. The second-order valence-corrected chi connectivity index (χ2v) is 5.53. The van der Waals surface area contributed by atoms with Crippen LogP contribution in [-0.4, -0.2) is 51.3 Å². The number of hydrogen-bond acceptors (Lipinski definition) is 3. The molecule has 0 bridgehead atoms. The van der Waals surface area contributed by atoms with Gasteiger partial charge in [0.25, 0.3) is 0 Å². The second kappa shape index (κ2) is 5.83. The molecule has 0 saturated carbocycles. The molecular formula is C12H26N2O. The van der Waals surface area contributed by atoms with Crippen molar-refractivity contribution >= 4 is 0 Å². The lowest BCUT2D eigenvalue weighted by molar-refractivity contribution is 0.0697. The van der Waals surface area contributed by atoms with E-state index in [1.54, 1.807) is 0 Å². The van der Waals surface area contributed by atoms with Gasteiger partial charge in [0.15, 0.2) is 0 Å². The van der Waals surface area contributed by atoms with Crippen LogP contribution >= 0.6 is 0 Å². The Morgan fingerprint density at radius 1 is 1.47 bits per heavy atom. The van der Waals surface area contributed by atoms with Gasteiger partial charge in [-0.25, -0.2) is 0 Å². The van der Waals surface area contributed by atoms with Crippen molar-refractivity contribution < 1.29 is 4.74 Å². The van der Waals surface area contributed by atoms with E-state index in [-0.39, 0.29) is 0 Å². The summed E-state index contributed by atoms with van der Waals surface area (Å²) in [7, 11) is 4.21. The molecule has 90 valence electrons. The van der Waals surface area contributed by atoms with Crippen LogP contribution in [0.25, 0.3) is 0 Å². The van der Waals surface area contributed by atoms with Crippen LogP contribution in [0.4, 0.5) is 0 Å². The van der Waals surface area contributed by atoms with Crippen molar-refractivity contribution in [1.29, 1.82) is 0 Å². The summed E-state index contributed by atoms with van der Waals surface area (Å²) in [6.45, 7) is 8.81. The molecule has 0 aromatic rings. The van der Waals surface area contributed by atoms with E-state index in [0.29, 0.717) is 11.5 Å². The molecule has 0 aliphatic carbocycles. The summed E-state index contributed by atoms with van der Waals surface area (Å²) < 4.78 is 5.64. The predicted molar refractivity (Wildman–Crippen MR) is 64.2 cm³/mol. The Morgan fingerprint density at radius 2 is 2.20 bits per heavy atom. The highest BCUT2D eigenvalue weighted by atomic mass is 16.5. The largest absolute Gasteiger partial charge is 0.377 e. The topological polar surface area (TPSA) is 24.5 Å². The van der Waals surface area contributed by atoms with Crippen molar-refractivity contribution in [2.75, 3.05) is 40.3 Å². The molecule has 0 radical (unpaired) electrons. The van der Waals surface area contributed by atoms with Crippen LogP contribution in [0, 0.1) is 5.41 Å². The van der Waals surface area contributed by atoms with E-state index in [4.69, 9.17) is 4.74 Å². The fourth-order valence-corrected chi connectivity index (χ4v) is 2.47. The van der Waals surface area contributed by atoms with Gasteiger partial charge < -0.3 is 15.0 Å². The zero-order valence-corrected chi connectivity index (χ0v) is 10.7. The van der Waals surface area contributed by atoms with E-state index in [1.807, 2.05) is 7.05 Å². The molecule has 1 fully saturated rings. The molecule has 3 heteroatoms. The number of nitrogens with zero attached hydrogens (tertiary/aromatic N) is 1. The maximum absolute atomic E-state index is 5.64. The molecule has 0 spiro atoms. The van der Waals surface area contributed by atoms with Gasteiger partial charge in [-0.15, -0.1) is 0 Å². The molecule has 1 heterocycles. The van der Waals surface area contributed by atoms with Crippen LogP contribution < -0.4 is 5.32 Å². The van der Waals surface area contributed by atoms with E-state index in [2.05, 4.69) is 31.1 Å². The van der Waals surface area contributed by atoms with Gasteiger partial charge in [-0.05, 0) is 32.4 Å². The Labute approximate surface area is 94.2 Å². The van der Waals surface area contributed by atoms with Crippen molar-refractivity contribution in [3.63, 3.8) is 0 Å². The van der Waals surface area contributed by atoms with E-state index < -0.39 is 0 Å². The summed E-state index contributed by atoms with van der Waals surface area (Å²) >= 11 is 0. The average molecular weight is 214 g/mol. The Morgan fingerprint density at radius 3 is 2.73 bits per heavy atom. The van der Waals surface area contributed by atoms with Crippen molar-refractivity contribution in [2.24, 2.45) is 5.41 Å². The van der Waals surface area contributed by atoms with Crippen molar-refractivity contribution in [3.05, 3.63) is 0 Å². The second-order valence-electron chi connectivity index (χ2n) is 5.53. The van der Waals surface area contributed by atoms with Crippen LogP contribution in [0.3, 0.4) is 0 Å². The molecule has 0 amide bonds. The van der Waals surface area contributed by atoms with Crippen LogP contribution in [0.5, 0.6) is 0 Å². The van der Waals surface area contributed by atoms with Gasteiger partial charge in [0, 0.05) is 26.2 Å². The highest BCUT2D eigenvalue weighted by Gasteiger charge is 2.22. The van der Waals surface area contributed by atoms with E-state index >= 15 is 0 Å². The quantitative estimate of drug-likeness (QED) is 0.722. The molecule has 15 heavy (non-hydrogen) atoms. The fourth-order valence-electron chi connectivity index (χ4n) is 2.47. The Bertz CT molecular complexity index is 176. The summed E-state index contributed by atoms with van der Waals surface area (Å²) in [5.74, 6) is 0. The first-order chi connectivity index (χ1) is 7.03. The first kappa shape index (κ1) is 12.9. The standard InChI is InChI=1S/C12H26N2O/c1-12(2,9-13-3)10-14(4)8-11-6-5-7-15-11/h11,13H,5-10H2,1-4H3. The Kier molecular flexibility index (Phi) is 5.03. The molecule has 1 atom stereocenters. The predicted octanol–water partition coefficient (Wildman–Crippen LogP) is 1.34. The maximum Gasteiger partial charge on any atom is 0.0702 e. The minimum atomic E-state index is 0.335. The third-order valence-corrected chi connectivity index (χ3v) is 2.89. The molecule has 1 unspecified atom stereocenters. The van der Waals surface area contributed by atoms with Crippen LogP contribution in [0.1, 0.15) is 26.7 Å². The van der Waals surface area contributed by atoms with Crippen LogP contribution in [-0.2, 0) is 4.74 Å². The molecule has 3 nitrogen and oxygen atoms in total. The monoisotopic (exact) mass is 214 g/mol. The number of ether oxygens (including phenoxy) is 1. The number of rotatable bonds is 6. The van der Waals surface area contributed by atoms with Gasteiger partial charge >= 0.3 is 0 Å². The third-order valence-electron chi connectivity index (χ3n) is 2.89. The molecule has 1 saturated heterocycles. The molecule has 0 aromatic carbocycles. The van der Waals surface area contributed by atoms with Gasteiger partial charge in [-0.3, -0.25) is 0 Å². The number of likely N-dealkylation sites (N-methyl/N-ethyl adjacent to an activating group) is 1. The van der Waals surface area contributed by atoms with Crippen molar-refractivity contribution in [2.45, 2.75) is 32.8 Å². The minimum Gasteiger partial charge on any atom is -0.377 e. The van der Waals surface area contributed by atoms with E-state index in [1.165, 1.54) is 12.8 Å². The molecule has 1 rings (SSSR count). The average Bonchev–Trinajstić information content (AvgIpc) is 2.54. The summed E-state index contributed by atoms with van der Waals surface area (Å²) in [5.41, 5.74) is 0.335. The number of hydrogen-bond donors (Lipinski definition) is 1. The zero-order chi connectivity index (χ0) is 11.3. The smallest absolute Gasteiger partial charge is 0.0702 e. The van der Waals surface area contributed by atoms with Gasteiger partial charge in [-0.2, -0.15) is 0 Å². The molecular weight excluding hydrogens is 188 g/mol. The molecule has 1 N–H and O–H groups in total. The Hall–Kier alpha value is -0.120. The lowest BCUT2D eigenvalue weighted by Crippen LogP contribution is -2.40. The van der Waals surface area contributed by atoms with Crippen LogP contribution in [0.2, 0.25) is 0 Å². The normalized spacial score (nSPS) is 22.6. The van der Waals surface area contributed by atoms with E-state index in [0.717, 1.165) is 26.2 Å². The molecule has 1 aliphatic heterocycles. The van der Waals surface area contributed by atoms with Gasteiger partial charge in [0.05, 0.1) is 6.10 Å². The first-order valence-electron chi connectivity index (χ1n) is 5.98. The lowest BCUT2D eigenvalue weighted by atomic mass is 9.93. The number of nitrogens with one attached hydrogen (secondary N) is 1. The fraction of sp³-hybridized carbons (Fsp3) is 1.00. The third kappa shape index (κ3) is 4.96. The van der Waals surface area contributed by atoms with Gasteiger partial charge in [0.1, 0.15) is 0 Å². The highest BCUT2D eigenvalue weighted by Crippen LogP contribution is 2.17. The SMILES string of the molecule is CNCC(C)(C)CN(C)CC1CCCO1. The van der Waals surface area contributed by atoms with Crippen LogP contribution in [0.15, 0.2) is 0 Å². The summed E-state index contributed by atoms with van der Waals surface area (Å²) in [6, 6.07) is 0. The van der Waals surface area contributed by atoms with Gasteiger partial charge in [0.2, 0.25) is 0 Å². The van der Waals surface area contributed by atoms with Crippen molar-refractivity contribution in [1.82, 2.24) is 10.2 Å². The van der Waals surface area contributed by atoms with Crippen molar-refractivity contribution in [3.8, 4) is 0 Å². The summed E-state index contributed by atoms with van der Waals surface area (Å²) in [6.07, 6.45) is 2.94.